The summed E-state index contributed by atoms with van der Waals surface area (Å²) in [6, 6.07) is 9.55. The molecule has 0 saturated carbocycles. The van der Waals surface area contributed by atoms with Crippen molar-refractivity contribution in [3.63, 3.8) is 0 Å². The number of amides is 1. The van der Waals surface area contributed by atoms with Gasteiger partial charge in [-0.2, -0.15) is 0 Å². The predicted molar refractivity (Wildman–Crippen MR) is 91.0 cm³/mol. The first-order valence-corrected chi connectivity index (χ1v) is 7.54. The van der Waals surface area contributed by atoms with Gasteiger partial charge >= 0.3 is 0 Å². The molecular weight excluding hydrogens is 300 g/mol. The molecule has 1 amide bonds. The van der Waals surface area contributed by atoms with E-state index in [1.54, 1.807) is 0 Å². The molecule has 0 aliphatic carbocycles. The summed E-state index contributed by atoms with van der Waals surface area (Å²) in [6.45, 7) is 9.15. The molecule has 3 atom stereocenters. The smallest absolute Gasteiger partial charge is 0.240 e. The number of hydrogen-bond donors (Lipinski definition) is 1. The van der Waals surface area contributed by atoms with Gasteiger partial charge in [0.25, 0.3) is 0 Å². The summed E-state index contributed by atoms with van der Waals surface area (Å²) in [6.07, 6.45) is -0.0638. The molecule has 124 valence electrons. The average Bonchev–Trinajstić information content (AvgIpc) is 2.45. The zero-order valence-electron chi connectivity index (χ0n) is 13.8. The van der Waals surface area contributed by atoms with Crippen molar-refractivity contribution < 1.29 is 9.53 Å². The van der Waals surface area contributed by atoms with Crippen LogP contribution >= 0.6 is 12.4 Å². The van der Waals surface area contributed by atoms with Crippen LogP contribution in [0, 0.1) is 5.41 Å². The third-order valence-electron chi connectivity index (χ3n) is 3.94. The van der Waals surface area contributed by atoms with Crippen molar-refractivity contribution in [2.24, 2.45) is 11.1 Å². The van der Waals surface area contributed by atoms with Crippen LogP contribution in [0.1, 0.15) is 39.4 Å². The molecule has 1 aromatic rings. The molecule has 2 N–H and O–H groups in total. The van der Waals surface area contributed by atoms with Crippen LogP contribution in [0.4, 0.5) is 0 Å². The summed E-state index contributed by atoms with van der Waals surface area (Å²) in [7, 11) is 0. The van der Waals surface area contributed by atoms with E-state index >= 15 is 0 Å². The molecule has 4 nitrogen and oxygen atoms in total. The molecule has 2 rings (SSSR count). The lowest BCUT2D eigenvalue weighted by Crippen LogP contribution is -2.55. The number of rotatable bonds is 2. The number of carbonyl (C=O) groups excluding carboxylic acids is 1. The van der Waals surface area contributed by atoms with Crippen LogP contribution < -0.4 is 5.73 Å². The minimum atomic E-state index is -0.487. The minimum Gasteiger partial charge on any atom is -0.367 e. The molecule has 1 heterocycles. The molecule has 0 aromatic heterocycles. The van der Waals surface area contributed by atoms with E-state index in [1.165, 1.54) is 0 Å². The molecule has 2 unspecified atom stereocenters. The molecule has 1 aromatic carbocycles. The van der Waals surface area contributed by atoms with Crippen LogP contribution in [-0.2, 0) is 9.53 Å². The zero-order chi connectivity index (χ0) is 15.6. The highest BCUT2D eigenvalue weighted by Crippen LogP contribution is 2.27. The minimum absolute atomic E-state index is 0. The fraction of sp³-hybridized carbons (Fsp3) is 0.588. The van der Waals surface area contributed by atoms with E-state index in [4.69, 9.17) is 10.5 Å². The van der Waals surface area contributed by atoms with Crippen LogP contribution in [0.3, 0.4) is 0 Å². The SMILES string of the molecule is CC1CN(C(=O)[C@@H](N)C(C)(C)C)CC(c2ccccc2)O1.Cl. The summed E-state index contributed by atoms with van der Waals surface area (Å²) in [5.41, 5.74) is 6.99. The molecule has 0 bridgehead atoms. The monoisotopic (exact) mass is 326 g/mol. The van der Waals surface area contributed by atoms with Gasteiger partial charge in [-0.05, 0) is 17.9 Å². The van der Waals surface area contributed by atoms with Crippen LogP contribution in [0.2, 0.25) is 0 Å². The number of morpholine rings is 1. The van der Waals surface area contributed by atoms with Crippen molar-refractivity contribution in [3.05, 3.63) is 35.9 Å². The van der Waals surface area contributed by atoms with E-state index in [-0.39, 0.29) is 35.9 Å². The Kier molecular flexibility index (Phi) is 6.41. The van der Waals surface area contributed by atoms with Crippen LogP contribution in [0.5, 0.6) is 0 Å². The molecule has 5 heteroatoms. The summed E-state index contributed by atoms with van der Waals surface area (Å²) in [5, 5.41) is 0. The Labute approximate surface area is 139 Å². The number of nitrogens with zero attached hydrogens (tertiary/aromatic N) is 1. The highest BCUT2D eigenvalue weighted by atomic mass is 35.5. The summed E-state index contributed by atoms with van der Waals surface area (Å²) in [5.74, 6) is 0.0126. The van der Waals surface area contributed by atoms with E-state index in [1.807, 2.05) is 62.9 Å². The maximum Gasteiger partial charge on any atom is 0.240 e. The molecular formula is C17H27ClN2O2. The number of halogens is 1. The Morgan fingerprint density at radius 2 is 1.86 bits per heavy atom. The van der Waals surface area contributed by atoms with Crippen molar-refractivity contribution in [1.82, 2.24) is 4.90 Å². The quantitative estimate of drug-likeness (QED) is 0.909. The molecule has 1 fully saturated rings. The van der Waals surface area contributed by atoms with Gasteiger partial charge in [-0.1, -0.05) is 51.1 Å². The fourth-order valence-corrected chi connectivity index (χ4v) is 2.55. The van der Waals surface area contributed by atoms with Crippen molar-refractivity contribution >= 4 is 18.3 Å². The third-order valence-corrected chi connectivity index (χ3v) is 3.94. The second kappa shape index (κ2) is 7.44. The van der Waals surface area contributed by atoms with Gasteiger partial charge < -0.3 is 15.4 Å². The van der Waals surface area contributed by atoms with E-state index in [2.05, 4.69) is 0 Å². The summed E-state index contributed by atoms with van der Waals surface area (Å²) < 4.78 is 5.98. The first-order valence-electron chi connectivity index (χ1n) is 7.54. The Morgan fingerprint density at radius 3 is 2.41 bits per heavy atom. The molecule has 0 spiro atoms. The highest BCUT2D eigenvalue weighted by Gasteiger charge is 2.35. The van der Waals surface area contributed by atoms with Gasteiger partial charge in [0.2, 0.25) is 5.91 Å². The van der Waals surface area contributed by atoms with Gasteiger partial charge in [0.1, 0.15) is 6.10 Å². The summed E-state index contributed by atoms with van der Waals surface area (Å²) in [4.78, 5) is 14.5. The van der Waals surface area contributed by atoms with Gasteiger partial charge in [0, 0.05) is 6.54 Å². The van der Waals surface area contributed by atoms with Crippen LogP contribution in [-0.4, -0.2) is 36.0 Å². The topological polar surface area (TPSA) is 55.6 Å². The highest BCUT2D eigenvalue weighted by molar-refractivity contribution is 5.85. The number of ether oxygens (including phenoxy) is 1. The lowest BCUT2D eigenvalue weighted by Gasteiger charge is -2.40. The molecule has 1 saturated heterocycles. The van der Waals surface area contributed by atoms with E-state index < -0.39 is 6.04 Å². The van der Waals surface area contributed by atoms with Gasteiger partial charge in [-0.3, -0.25) is 4.79 Å². The first-order chi connectivity index (χ1) is 9.79. The second-order valence-corrected chi connectivity index (χ2v) is 6.93. The Bertz CT molecular complexity index is 487. The molecule has 1 aliphatic heterocycles. The van der Waals surface area contributed by atoms with E-state index in [9.17, 15) is 4.79 Å². The normalized spacial score (nSPS) is 23.6. The molecule has 0 radical (unpaired) electrons. The number of nitrogens with two attached hydrogens (primary N) is 1. The lowest BCUT2D eigenvalue weighted by atomic mass is 9.86. The maximum absolute atomic E-state index is 12.6. The number of hydrogen-bond acceptors (Lipinski definition) is 3. The number of carbonyl (C=O) groups is 1. The van der Waals surface area contributed by atoms with E-state index in [0.717, 1.165) is 5.56 Å². The van der Waals surface area contributed by atoms with E-state index in [0.29, 0.717) is 13.1 Å². The standard InChI is InChI=1S/C17H26N2O2.ClH/c1-12-10-19(16(20)15(18)17(2,3)4)11-14(21-12)13-8-6-5-7-9-13;/h5-9,12,14-15H,10-11,18H2,1-4H3;1H/t12?,14?,15-;/m1./s1. The van der Waals surface area contributed by atoms with Crippen LogP contribution in [0.25, 0.3) is 0 Å². The third kappa shape index (κ3) is 4.45. The molecule has 1 aliphatic rings. The fourth-order valence-electron chi connectivity index (χ4n) is 2.55. The van der Waals surface area contributed by atoms with Crippen molar-refractivity contribution in [2.45, 2.75) is 45.9 Å². The Balaban J connectivity index is 0.00000242. The summed E-state index contributed by atoms with van der Waals surface area (Å²) >= 11 is 0. The lowest BCUT2D eigenvalue weighted by molar-refractivity contribution is -0.148. The molecule has 22 heavy (non-hydrogen) atoms. The van der Waals surface area contributed by atoms with Crippen LogP contribution in [0.15, 0.2) is 30.3 Å². The second-order valence-electron chi connectivity index (χ2n) is 6.93. The van der Waals surface area contributed by atoms with Gasteiger partial charge in [0.05, 0.1) is 18.7 Å². The van der Waals surface area contributed by atoms with Crippen molar-refractivity contribution in [1.29, 1.82) is 0 Å². The van der Waals surface area contributed by atoms with Crippen molar-refractivity contribution in [3.8, 4) is 0 Å². The Hall–Kier alpha value is -1.10. The Morgan fingerprint density at radius 1 is 1.27 bits per heavy atom. The first kappa shape index (κ1) is 18.9. The maximum atomic E-state index is 12.6. The number of benzene rings is 1. The largest absolute Gasteiger partial charge is 0.367 e. The average molecular weight is 327 g/mol. The van der Waals surface area contributed by atoms with Gasteiger partial charge in [-0.15, -0.1) is 12.4 Å². The predicted octanol–water partition coefficient (Wildman–Crippen LogP) is 2.77. The van der Waals surface area contributed by atoms with Gasteiger partial charge in [0.15, 0.2) is 0 Å². The van der Waals surface area contributed by atoms with Gasteiger partial charge in [-0.25, -0.2) is 0 Å². The zero-order valence-corrected chi connectivity index (χ0v) is 14.6. The van der Waals surface area contributed by atoms with Crippen molar-refractivity contribution in [2.75, 3.05) is 13.1 Å².